The zero-order chi connectivity index (χ0) is 16.8. The monoisotopic (exact) mass is 333 g/mol. The Morgan fingerprint density at radius 1 is 1.33 bits per heavy atom. The van der Waals surface area contributed by atoms with Crippen LogP contribution in [0, 0.1) is 11.6 Å². The topological polar surface area (TPSA) is 69.2 Å². The number of nitrogens with zero attached hydrogens (tertiary/aromatic N) is 2. The van der Waals surface area contributed by atoms with Crippen LogP contribution in [0.2, 0.25) is 0 Å². The summed E-state index contributed by atoms with van der Waals surface area (Å²) in [7, 11) is 0. The quantitative estimate of drug-likeness (QED) is 0.907. The minimum atomic E-state index is -0.766. The van der Waals surface area contributed by atoms with E-state index in [9.17, 15) is 18.7 Å². The number of benzene rings is 1. The van der Waals surface area contributed by atoms with E-state index in [1.807, 2.05) is 0 Å². The fraction of sp³-hybridized carbons (Fsp3) is 0.412. The third-order valence-electron chi connectivity index (χ3n) is 4.74. The molecule has 0 bridgehead atoms. The van der Waals surface area contributed by atoms with Gasteiger partial charge in [0.05, 0.1) is 29.6 Å². The van der Waals surface area contributed by atoms with Crippen molar-refractivity contribution in [1.29, 1.82) is 0 Å². The highest BCUT2D eigenvalue weighted by molar-refractivity contribution is 5.96. The van der Waals surface area contributed by atoms with Crippen LogP contribution in [0.5, 0.6) is 0 Å². The number of carbonyl (C=O) groups is 1. The number of aliphatic hydroxyl groups excluding tert-OH is 1. The summed E-state index contributed by atoms with van der Waals surface area (Å²) in [5, 5.41) is 16.8. The molecule has 5 nitrogen and oxygen atoms in total. The molecule has 1 aromatic heterocycles. The lowest BCUT2D eigenvalue weighted by atomic mass is 10.0. The fourth-order valence-corrected chi connectivity index (χ4v) is 3.41. The Morgan fingerprint density at radius 2 is 2.12 bits per heavy atom. The number of aromatic amines is 1. The molecule has 4 rings (SSSR count). The number of H-pyrrole nitrogens is 1. The lowest BCUT2D eigenvalue weighted by Gasteiger charge is -2.25. The van der Waals surface area contributed by atoms with E-state index >= 15 is 0 Å². The lowest BCUT2D eigenvalue weighted by molar-refractivity contribution is 0.0712. The SMILES string of the molecule is O=C(c1cn[nH]c1C1CC1)N1CC(O)CC1c1cc(F)ccc1F. The number of β-amino-alcohol motifs (C(OH)–C–C–N with tert-alkyl or cyclic N) is 1. The molecule has 1 aromatic carbocycles. The predicted molar refractivity (Wildman–Crippen MR) is 81.3 cm³/mol. The Hall–Kier alpha value is -2.28. The van der Waals surface area contributed by atoms with Gasteiger partial charge in [-0.2, -0.15) is 5.10 Å². The van der Waals surface area contributed by atoms with Gasteiger partial charge in [0.1, 0.15) is 11.6 Å². The average molecular weight is 333 g/mol. The molecule has 2 aliphatic rings. The van der Waals surface area contributed by atoms with Crippen LogP contribution in [-0.4, -0.2) is 38.8 Å². The van der Waals surface area contributed by atoms with Crippen LogP contribution in [0.25, 0.3) is 0 Å². The van der Waals surface area contributed by atoms with Gasteiger partial charge in [-0.3, -0.25) is 9.89 Å². The van der Waals surface area contributed by atoms with Crippen molar-refractivity contribution in [2.24, 2.45) is 0 Å². The molecule has 2 heterocycles. The summed E-state index contributed by atoms with van der Waals surface area (Å²) < 4.78 is 27.7. The maximum atomic E-state index is 14.1. The maximum Gasteiger partial charge on any atom is 0.257 e. The smallest absolute Gasteiger partial charge is 0.257 e. The Labute approximate surface area is 137 Å². The first-order chi connectivity index (χ1) is 11.5. The number of hydrogen-bond acceptors (Lipinski definition) is 3. The minimum Gasteiger partial charge on any atom is -0.391 e. The molecule has 1 aliphatic heterocycles. The number of hydrogen-bond donors (Lipinski definition) is 2. The van der Waals surface area contributed by atoms with E-state index in [0.29, 0.717) is 11.5 Å². The van der Waals surface area contributed by atoms with Gasteiger partial charge in [-0.05, 0) is 37.5 Å². The van der Waals surface area contributed by atoms with Crippen LogP contribution < -0.4 is 0 Å². The zero-order valence-corrected chi connectivity index (χ0v) is 12.9. The van der Waals surface area contributed by atoms with E-state index < -0.39 is 23.8 Å². The second-order valence-corrected chi connectivity index (χ2v) is 6.50. The minimum absolute atomic E-state index is 0.0920. The Bertz CT molecular complexity index is 788. The third-order valence-corrected chi connectivity index (χ3v) is 4.74. The molecule has 2 aromatic rings. The molecular formula is C17H17F2N3O2. The molecular weight excluding hydrogens is 316 g/mol. The lowest BCUT2D eigenvalue weighted by Crippen LogP contribution is -2.32. The fourth-order valence-electron chi connectivity index (χ4n) is 3.41. The van der Waals surface area contributed by atoms with Crippen molar-refractivity contribution < 1.29 is 18.7 Å². The van der Waals surface area contributed by atoms with Gasteiger partial charge in [-0.1, -0.05) is 0 Å². The highest BCUT2D eigenvalue weighted by Crippen LogP contribution is 2.42. The van der Waals surface area contributed by atoms with Crippen molar-refractivity contribution in [2.75, 3.05) is 6.54 Å². The van der Waals surface area contributed by atoms with Crippen LogP contribution >= 0.6 is 0 Å². The number of rotatable bonds is 3. The summed E-state index contributed by atoms with van der Waals surface area (Å²) in [6.07, 6.45) is 2.90. The number of carbonyl (C=O) groups excluding carboxylic acids is 1. The number of nitrogens with one attached hydrogen (secondary N) is 1. The van der Waals surface area contributed by atoms with Gasteiger partial charge >= 0.3 is 0 Å². The van der Waals surface area contributed by atoms with Gasteiger partial charge in [0.25, 0.3) is 5.91 Å². The van der Waals surface area contributed by atoms with Crippen molar-refractivity contribution >= 4 is 5.91 Å². The summed E-state index contributed by atoms with van der Waals surface area (Å²) in [5.74, 6) is -1.15. The van der Waals surface area contributed by atoms with Crippen LogP contribution in [0.1, 0.15) is 52.8 Å². The highest BCUT2D eigenvalue weighted by Gasteiger charge is 2.39. The van der Waals surface area contributed by atoms with E-state index in [4.69, 9.17) is 0 Å². The maximum absolute atomic E-state index is 14.1. The van der Waals surface area contributed by atoms with Gasteiger partial charge in [0.2, 0.25) is 0 Å². The molecule has 0 spiro atoms. The molecule has 0 radical (unpaired) electrons. The summed E-state index contributed by atoms with van der Waals surface area (Å²) in [4.78, 5) is 14.3. The first-order valence-electron chi connectivity index (χ1n) is 8.02. The van der Waals surface area contributed by atoms with Crippen LogP contribution in [0.4, 0.5) is 8.78 Å². The van der Waals surface area contributed by atoms with E-state index in [-0.39, 0.29) is 24.4 Å². The van der Waals surface area contributed by atoms with Gasteiger partial charge in [-0.25, -0.2) is 8.78 Å². The summed E-state index contributed by atoms with van der Waals surface area (Å²) in [6, 6.07) is 2.49. The van der Waals surface area contributed by atoms with E-state index in [1.54, 1.807) is 0 Å². The second kappa shape index (κ2) is 5.66. The Balaban J connectivity index is 1.68. The summed E-state index contributed by atoms with van der Waals surface area (Å²) in [5.41, 5.74) is 1.34. The van der Waals surface area contributed by atoms with E-state index in [1.165, 1.54) is 11.1 Å². The van der Waals surface area contributed by atoms with Crippen LogP contribution in [0.15, 0.2) is 24.4 Å². The van der Waals surface area contributed by atoms with Gasteiger partial charge in [-0.15, -0.1) is 0 Å². The van der Waals surface area contributed by atoms with Gasteiger partial charge < -0.3 is 10.0 Å². The predicted octanol–water partition coefficient (Wildman–Crippen LogP) is 2.51. The Morgan fingerprint density at radius 3 is 2.88 bits per heavy atom. The normalized spacial score (nSPS) is 23.7. The molecule has 24 heavy (non-hydrogen) atoms. The number of amides is 1. The molecule has 126 valence electrons. The summed E-state index contributed by atoms with van der Waals surface area (Å²) in [6.45, 7) is 0.0920. The van der Waals surface area contributed by atoms with Crippen molar-refractivity contribution in [3.8, 4) is 0 Å². The largest absolute Gasteiger partial charge is 0.391 e. The summed E-state index contributed by atoms with van der Waals surface area (Å²) >= 11 is 0. The number of halogens is 2. The average Bonchev–Trinajstić information content (AvgIpc) is 3.15. The molecule has 1 saturated carbocycles. The Kier molecular flexibility index (Phi) is 3.60. The molecule has 2 atom stereocenters. The van der Waals surface area contributed by atoms with Crippen molar-refractivity contribution in [3.63, 3.8) is 0 Å². The molecule has 2 unspecified atom stereocenters. The molecule has 1 aliphatic carbocycles. The van der Waals surface area contributed by atoms with Crippen molar-refractivity contribution in [1.82, 2.24) is 15.1 Å². The molecule has 2 N–H and O–H groups in total. The van der Waals surface area contributed by atoms with Gasteiger partial charge in [0.15, 0.2) is 0 Å². The van der Waals surface area contributed by atoms with Crippen molar-refractivity contribution in [2.45, 2.75) is 37.3 Å². The molecule has 7 heteroatoms. The highest BCUT2D eigenvalue weighted by atomic mass is 19.1. The first kappa shape index (κ1) is 15.3. The number of likely N-dealkylation sites (tertiary alicyclic amines) is 1. The first-order valence-corrected chi connectivity index (χ1v) is 8.02. The molecule has 1 amide bonds. The van der Waals surface area contributed by atoms with Crippen LogP contribution in [0.3, 0.4) is 0 Å². The molecule has 2 fully saturated rings. The number of aromatic nitrogens is 2. The standard InChI is InChI=1S/C17H17F2N3O2/c18-10-3-4-14(19)12(5-10)15-6-11(23)8-22(15)17(24)13-7-20-21-16(13)9-1-2-9/h3-5,7,9,11,15,23H,1-2,6,8H2,(H,20,21). The van der Waals surface area contributed by atoms with Gasteiger partial charge in [0, 0.05) is 18.0 Å². The van der Waals surface area contributed by atoms with Crippen molar-refractivity contribution in [3.05, 3.63) is 52.9 Å². The van der Waals surface area contributed by atoms with E-state index in [2.05, 4.69) is 10.2 Å². The molecule has 1 saturated heterocycles. The van der Waals surface area contributed by atoms with Crippen LogP contribution in [-0.2, 0) is 0 Å². The zero-order valence-electron chi connectivity index (χ0n) is 12.9. The third kappa shape index (κ3) is 2.58. The number of aliphatic hydroxyl groups is 1. The second-order valence-electron chi connectivity index (χ2n) is 6.50. The van der Waals surface area contributed by atoms with E-state index in [0.717, 1.165) is 36.7 Å².